The highest BCUT2D eigenvalue weighted by molar-refractivity contribution is 5.61. The lowest BCUT2D eigenvalue weighted by atomic mass is 10.1. The number of rotatable bonds is 6. The second kappa shape index (κ2) is 6.71. The number of nitro groups is 1. The zero-order chi connectivity index (χ0) is 15.2. The number of benzene rings is 2. The molecule has 0 heterocycles. The van der Waals surface area contributed by atoms with E-state index in [9.17, 15) is 10.1 Å². The summed E-state index contributed by atoms with van der Waals surface area (Å²) in [5.41, 5.74) is 6.72. The highest BCUT2D eigenvalue weighted by Crippen LogP contribution is 2.29. The maximum absolute atomic E-state index is 10.7. The summed E-state index contributed by atoms with van der Waals surface area (Å²) < 4.78 is 10.6. The van der Waals surface area contributed by atoms with Crippen LogP contribution in [-0.4, -0.2) is 18.6 Å². The van der Waals surface area contributed by atoms with Crippen LogP contribution in [0.3, 0.4) is 0 Å². The van der Waals surface area contributed by atoms with E-state index in [2.05, 4.69) is 0 Å². The largest absolute Gasteiger partial charge is 0.457 e. The van der Waals surface area contributed by atoms with Crippen LogP contribution in [0.5, 0.6) is 11.5 Å². The van der Waals surface area contributed by atoms with Crippen LogP contribution >= 0.6 is 0 Å². The lowest BCUT2D eigenvalue weighted by molar-refractivity contribution is -0.383. The number of nitrogen functional groups attached to an aromatic ring is 1. The molecule has 0 amide bonds. The molecule has 0 saturated carbocycles. The number of anilines is 1. The van der Waals surface area contributed by atoms with Crippen LogP contribution in [0.2, 0.25) is 0 Å². The van der Waals surface area contributed by atoms with Crippen molar-refractivity contribution >= 4 is 11.4 Å². The maximum Gasteiger partial charge on any atom is 0.292 e. The molecule has 6 heteroatoms. The third-order valence-corrected chi connectivity index (χ3v) is 2.95. The molecule has 0 atom stereocenters. The van der Waals surface area contributed by atoms with Gasteiger partial charge in [0, 0.05) is 19.2 Å². The Kier molecular flexibility index (Phi) is 4.73. The zero-order valence-electron chi connectivity index (χ0n) is 11.6. The lowest BCUT2D eigenvalue weighted by Crippen LogP contribution is -1.96. The van der Waals surface area contributed by atoms with Gasteiger partial charge in [0.2, 0.25) is 0 Å². The summed E-state index contributed by atoms with van der Waals surface area (Å²) in [5.74, 6) is 1.10. The van der Waals surface area contributed by atoms with Crippen molar-refractivity contribution in [1.29, 1.82) is 0 Å². The smallest absolute Gasteiger partial charge is 0.292 e. The molecule has 0 aromatic heterocycles. The van der Waals surface area contributed by atoms with E-state index in [0.29, 0.717) is 18.1 Å². The quantitative estimate of drug-likeness (QED) is 0.501. The molecule has 0 fully saturated rings. The summed E-state index contributed by atoms with van der Waals surface area (Å²) in [7, 11) is 1.66. The Balaban J connectivity index is 2.07. The van der Waals surface area contributed by atoms with E-state index >= 15 is 0 Å². The van der Waals surface area contributed by atoms with Gasteiger partial charge in [0.15, 0.2) is 0 Å². The first kappa shape index (κ1) is 14.8. The molecule has 0 unspecified atom stereocenters. The van der Waals surface area contributed by atoms with Crippen molar-refractivity contribution in [2.45, 2.75) is 6.42 Å². The molecule has 2 N–H and O–H groups in total. The van der Waals surface area contributed by atoms with Gasteiger partial charge in [-0.1, -0.05) is 12.1 Å². The monoisotopic (exact) mass is 288 g/mol. The fourth-order valence-corrected chi connectivity index (χ4v) is 1.84. The van der Waals surface area contributed by atoms with E-state index < -0.39 is 4.92 Å². The minimum atomic E-state index is -0.524. The molecule has 0 aliphatic rings. The predicted molar refractivity (Wildman–Crippen MR) is 79.6 cm³/mol. The lowest BCUT2D eigenvalue weighted by Gasteiger charge is -2.07. The highest BCUT2D eigenvalue weighted by atomic mass is 16.6. The predicted octanol–water partition coefficient (Wildman–Crippen LogP) is 3.16. The van der Waals surface area contributed by atoms with Crippen LogP contribution in [0, 0.1) is 10.1 Å². The second-order valence-electron chi connectivity index (χ2n) is 4.47. The summed E-state index contributed by atoms with van der Waals surface area (Å²) in [6.07, 6.45) is 0.835. The van der Waals surface area contributed by atoms with Gasteiger partial charge in [-0.05, 0) is 30.2 Å². The first-order valence-corrected chi connectivity index (χ1v) is 6.40. The van der Waals surface area contributed by atoms with Gasteiger partial charge in [0.1, 0.15) is 17.2 Å². The Morgan fingerprint density at radius 1 is 1.14 bits per heavy atom. The molecule has 0 saturated heterocycles. The SMILES string of the molecule is COCCc1ccc(Oc2ccc([N+](=O)[O-])c(N)c2)cc1. The van der Waals surface area contributed by atoms with E-state index in [1.54, 1.807) is 7.11 Å². The molecule has 0 spiro atoms. The van der Waals surface area contributed by atoms with E-state index in [-0.39, 0.29) is 11.4 Å². The van der Waals surface area contributed by atoms with Crippen molar-refractivity contribution in [3.05, 3.63) is 58.1 Å². The maximum atomic E-state index is 10.7. The standard InChI is InChI=1S/C15H16N2O4/c1-20-9-8-11-2-4-12(5-3-11)21-13-6-7-15(17(18)19)14(16)10-13/h2-7,10H,8-9,16H2,1H3. The van der Waals surface area contributed by atoms with E-state index in [0.717, 1.165) is 12.0 Å². The number of nitrogens with zero attached hydrogens (tertiary/aromatic N) is 1. The molecular formula is C15H16N2O4. The summed E-state index contributed by atoms with van der Waals surface area (Å²) in [4.78, 5) is 10.2. The molecule has 0 radical (unpaired) electrons. The van der Waals surface area contributed by atoms with Gasteiger partial charge in [-0.3, -0.25) is 10.1 Å². The van der Waals surface area contributed by atoms with Crippen LogP contribution in [-0.2, 0) is 11.2 Å². The molecule has 0 bridgehead atoms. The van der Waals surface area contributed by atoms with Gasteiger partial charge in [0.25, 0.3) is 5.69 Å². The van der Waals surface area contributed by atoms with Crippen molar-refractivity contribution < 1.29 is 14.4 Å². The summed E-state index contributed by atoms with van der Waals surface area (Å²) in [6.45, 7) is 0.666. The molecule has 2 rings (SSSR count). The van der Waals surface area contributed by atoms with Crippen molar-refractivity contribution in [3.63, 3.8) is 0 Å². The van der Waals surface area contributed by atoms with Gasteiger partial charge < -0.3 is 15.2 Å². The topological polar surface area (TPSA) is 87.6 Å². The Labute approximate surface area is 122 Å². The number of nitrogens with two attached hydrogens (primary N) is 1. The molecule has 6 nitrogen and oxygen atoms in total. The zero-order valence-corrected chi connectivity index (χ0v) is 11.6. The molecule has 0 aliphatic carbocycles. The van der Waals surface area contributed by atoms with Crippen molar-refractivity contribution in [2.24, 2.45) is 0 Å². The normalized spacial score (nSPS) is 10.3. The Bertz CT molecular complexity index is 626. The molecule has 0 aliphatic heterocycles. The van der Waals surface area contributed by atoms with Crippen LogP contribution in [0.15, 0.2) is 42.5 Å². The summed E-state index contributed by atoms with van der Waals surface area (Å²) >= 11 is 0. The van der Waals surface area contributed by atoms with Gasteiger partial charge >= 0.3 is 0 Å². The van der Waals surface area contributed by atoms with Crippen molar-refractivity contribution in [3.8, 4) is 11.5 Å². The fraction of sp³-hybridized carbons (Fsp3) is 0.200. The summed E-state index contributed by atoms with van der Waals surface area (Å²) in [6, 6.07) is 11.9. The third kappa shape index (κ3) is 3.93. The van der Waals surface area contributed by atoms with Crippen LogP contribution in [0.1, 0.15) is 5.56 Å². The van der Waals surface area contributed by atoms with Gasteiger partial charge in [-0.15, -0.1) is 0 Å². The molecule has 110 valence electrons. The van der Waals surface area contributed by atoms with E-state index in [4.69, 9.17) is 15.2 Å². The number of hydrogen-bond acceptors (Lipinski definition) is 5. The molecule has 2 aromatic rings. The van der Waals surface area contributed by atoms with Gasteiger partial charge in [0.05, 0.1) is 11.5 Å². The average Bonchev–Trinajstić information content (AvgIpc) is 2.46. The Morgan fingerprint density at radius 2 is 1.81 bits per heavy atom. The van der Waals surface area contributed by atoms with Crippen molar-refractivity contribution in [2.75, 3.05) is 19.5 Å². The van der Waals surface area contributed by atoms with E-state index in [1.165, 1.54) is 18.2 Å². The number of nitro benzene ring substituents is 1. The second-order valence-corrected chi connectivity index (χ2v) is 4.47. The van der Waals surface area contributed by atoms with Gasteiger partial charge in [-0.25, -0.2) is 0 Å². The average molecular weight is 288 g/mol. The minimum Gasteiger partial charge on any atom is -0.457 e. The molecular weight excluding hydrogens is 272 g/mol. The van der Waals surface area contributed by atoms with Crippen LogP contribution < -0.4 is 10.5 Å². The Hall–Kier alpha value is -2.60. The van der Waals surface area contributed by atoms with E-state index in [1.807, 2.05) is 24.3 Å². The van der Waals surface area contributed by atoms with Gasteiger partial charge in [-0.2, -0.15) is 0 Å². The number of hydrogen-bond donors (Lipinski definition) is 1. The summed E-state index contributed by atoms with van der Waals surface area (Å²) in [5, 5.41) is 10.7. The first-order chi connectivity index (χ1) is 10.1. The minimum absolute atomic E-state index is 0.0780. The molecule has 2 aromatic carbocycles. The number of methoxy groups -OCH3 is 1. The van der Waals surface area contributed by atoms with Crippen LogP contribution in [0.25, 0.3) is 0 Å². The molecule has 21 heavy (non-hydrogen) atoms. The third-order valence-electron chi connectivity index (χ3n) is 2.95. The Morgan fingerprint density at radius 3 is 2.38 bits per heavy atom. The van der Waals surface area contributed by atoms with Crippen LogP contribution in [0.4, 0.5) is 11.4 Å². The van der Waals surface area contributed by atoms with Crippen molar-refractivity contribution in [1.82, 2.24) is 0 Å². The number of ether oxygens (including phenoxy) is 2. The first-order valence-electron chi connectivity index (χ1n) is 6.40. The fourth-order valence-electron chi connectivity index (χ4n) is 1.84. The highest BCUT2D eigenvalue weighted by Gasteiger charge is 2.11.